The number of rotatable bonds is 6. The standard InChI is InChI=1S/C11H19N3O2/c12-4-2-1-3-5-13-6-8-14(9-7-13)10-11(15)16/h1-3,5-10H2,(H,15,16). The Labute approximate surface area is 96.3 Å². The first-order valence-electron chi connectivity index (χ1n) is 5.76. The molecule has 0 radical (unpaired) electrons. The smallest absolute Gasteiger partial charge is 0.317 e. The first-order chi connectivity index (χ1) is 7.72. The van der Waals surface area contributed by atoms with Gasteiger partial charge in [0, 0.05) is 32.6 Å². The summed E-state index contributed by atoms with van der Waals surface area (Å²) in [5, 5.41) is 17.0. The van der Waals surface area contributed by atoms with Crippen LogP contribution in [0.15, 0.2) is 0 Å². The molecule has 0 spiro atoms. The number of hydrogen-bond acceptors (Lipinski definition) is 4. The lowest BCUT2D eigenvalue weighted by atomic mass is 10.2. The summed E-state index contributed by atoms with van der Waals surface area (Å²) in [6.07, 6.45) is 2.66. The van der Waals surface area contributed by atoms with Crippen molar-refractivity contribution in [3.8, 4) is 6.07 Å². The zero-order chi connectivity index (χ0) is 11.8. The summed E-state index contributed by atoms with van der Waals surface area (Å²) in [5.41, 5.74) is 0. The molecule has 0 bridgehead atoms. The van der Waals surface area contributed by atoms with Crippen molar-refractivity contribution in [3.63, 3.8) is 0 Å². The van der Waals surface area contributed by atoms with Gasteiger partial charge in [-0.2, -0.15) is 5.26 Å². The van der Waals surface area contributed by atoms with Gasteiger partial charge in [-0.05, 0) is 19.4 Å². The fourth-order valence-corrected chi connectivity index (χ4v) is 1.90. The number of carboxylic acids is 1. The minimum absolute atomic E-state index is 0.155. The third kappa shape index (κ3) is 5.10. The molecule has 0 aliphatic carbocycles. The van der Waals surface area contributed by atoms with E-state index in [2.05, 4.69) is 11.0 Å². The van der Waals surface area contributed by atoms with E-state index in [0.29, 0.717) is 6.42 Å². The number of aliphatic carboxylic acids is 1. The van der Waals surface area contributed by atoms with Crippen molar-refractivity contribution < 1.29 is 9.90 Å². The van der Waals surface area contributed by atoms with E-state index >= 15 is 0 Å². The van der Waals surface area contributed by atoms with Gasteiger partial charge in [0.2, 0.25) is 0 Å². The molecule has 0 aromatic heterocycles. The van der Waals surface area contributed by atoms with Gasteiger partial charge in [-0.25, -0.2) is 0 Å². The summed E-state index contributed by atoms with van der Waals surface area (Å²) in [5.74, 6) is -0.748. The van der Waals surface area contributed by atoms with E-state index < -0.39 is 5.97 Å². The highest BCUT2D eigenvalue weighted by Crippen LogP contribution is 2.04. The summed E-state index contributed by atoms with van der Waals surface area (Å²) >= 11 is 0. The van der Waals surface area contributed by atoms with Crippen LogP contribution in [0.5, 0.6) is 0 Å². The van der Waals surface area contributed by atoms with E-state index in [9.17, 15) is 4.79 Å². The normalized spacial score (nSPS) is 18.2. The highest BCUT2D eigenvalue weighted by molar-refractivity contribution is 5.69. The van der Waals surface area contributed by atoms with Crippen LogP contribution in [0.3, 0.4) is 0 Å². The number of piperazine rings is 1. The Hall–Kier alpha value is -1.12. The average molecular weight is 225 g/mol. The third-order valence-corrected chi connectivity index (χ3v) is 2.84. The van der Waals surface area contributed by atoms with Crippen molar-refractivity contribution in [2.75, 3.05) is 39.3 Å². The lowest BCUT2D eigenvalue weighted by Gasteiger charge is -2.33. The van der Waals surface area contributed by atoms with Gasteiger partial charge < -0.3 is 10.0 Å². The second kappa shape index (κ2) is 7.20. The molecular weight excluding hydrogens is 206 g/mol. The van der Waals surface area contributed by atoms with E-state index in [0.717, 1.165) is 45.6 Å². The maximum atomic E-state index is 10.5. The predicted molar refractivity (Wildman–Crippen MR) is 60.0 cm³/mol. The molecule has 90 valence electrons. The molecule has 0 unspecified atom stereocenters. The molecule has 5 nitrogen and oxygen atoms in total. The fourth-order valence-electron chi connectivity index (χ4n) is 1.90. The lowest BCUT2D eigenvalue weighted by Crippen LogP contribution is -2.48. The average Bonchev–Trinajstić information content (AvgIpc) is 2.26. The lowest BCUT2D eigenvalue weighted by molar-refractivity contribution is -0.138. The topological polar surface area (TPSA) is 67.6 Å². The highest BCUT2D eigenvalue weighted by atomic mass is 16.4. The first kappa shape index (κ1) is 12.9. The minimum atomic E-state index is -0.748. The van der Waals surface area contributed by atoms with Crippen LogP contribution in [-0.2, 0) is 4.79 Å². The maximum absolute atomic E-state index is 10.5. The quantitative estimate of drug-likeness (QED) is 0.662. The molecule has 16 heavy (non-hydrogen) atoms. The molecule has 1 saturated heterocycles. The van der Waals surface area contributed by atoms with Gasteiger partial charge in [0.25, 0.3) is 0 Å². The maximum Gasteiger partial charge on any atom is 0.317 e. The van der Waals surface area contributed by atoms with Gasteiger partial charge in [-0.15, -0.1) is 0 Å². The van der Waals surface area contributed by atoms with Crippen molar-refractivity contribution in [2.45, 2.75) is 19.3 Å². The summed E-state index contributed by atoms with van der Waals surface area (Å²) in [6, 6.07) is 2.14. The third-order valence-electron chi connectivity index (χ3n) is 2.84. The van der Waals surface area contributed by atoms with Crippen LogP contribution in [0.2, 0.25) is 0 Å². The monoisotopic (exact) mass is 225 g/mol. The van der Waals surface area contributed by atoms with E-state index in [-0.39, 0.29) is 6.54 Å². The molecule has 1 aliphatic heterocycles. The zero-order valence-corrected chi connectivity index (χ0v) is 9.56. The molecule has 1 N–H and O–H groups in total. The van der Waals surface area contributed by atoms with Crippen molar-refractivity contribution in [3.05, 3.63) is 0 Å². The van der Waals surface area contributed by atoms with Crippen LogP contribution in [0.1, 0.15) is 19.3 Å². The minimum Gasteiger partial charge on any atom is -0.480 e. The number of carbonyl (C=O) groups is 1. The van der Waals surface area contributed by atoms with Gasteiger partial charge in [-0.3, -0.25) is 9.69 Å². The molecule has 0 aromatic carbocycles. The number of carboxylic acid groups (broad SMARTS) is 1. The molecule has 0 aromatic rings. The zero-order valence-electron chi connectivity index (χ0n) is 9.56. The van der Waals surface area contributed by atoms with Crippen LogP contribution in [-0.4, -0.2) is 60.1 Å². The van der Waals surface area contributed by atoms with Gasteiger partial charge >= 0.3 is 5.97 Å². The Kier molecular flexibility index (Phi) is 5.83. The number of hydrogen-bond donors (Lipinski definition) is 1. The molecule has 1 rings (SSSR count). The van der Waals surface area contributed by atoms with Crippen LogP contribution in [0, 0.1) is 11.3 Å². The van der Waals surface area contributed by atoms with E-state index in [1.54, 1.807) is 0 Å². The molecule has 0 amide bonds. The van der Waals surface area contributed by atoms with E-state index in [4.69, 9.17) is 10.4 Å². The summed E-state index contributed by atoms with van der Waals surface area (Å²) in [6.45, 7) is 4.75. The fraction of sp³-hybridized carbons (Fsp3) is 0.818. The summed E-state index contributed by atoms with van der Waals surface area (Å²) in [4.78, 5) is 14.8. The Balaban J connectivity index is 2.08. The molecule has 1 fully saturated rings. The highest BCUT2D eigenvalue weighted by Gasteiger charge is 2.17. The summed E-state index contributed by atoms with van der Waals surface area (Å²) in [7, 11) is 0. The Bertz CT molecular complexity index is 254. The van der Waals surface area contributed by atoms with E-state index in [1.165, 1.54) is 0 Å². The number of nitrogens with zero attached hydrogens (tertiary/aromatic N) is 3. The molecule has 5 heteroatoms. The molecule has 1 heterocycles. The number of nitriles is 1. The Morgan fingerprint density at radius 1 is 1.19 bits per heavy atom. The summed E-state index contributed by atoms with van der Waals surface area (Å²) < 4.78 is 0. The molecular formula is C11H19N3O2. The van der Waals surface area contributed by atoms with Crippen molar-refractivity contribution in [1.29, 1.82) is 5.26 Å². The Morgan fingerprint density at radius 2 is 1.81 bits per heavy atom. The van der Waals surface area contributed by atoms with Crippen LogP contribution in [0.25, 0.3) is 0 Å². The molecule has 1 aliphatic rings. The van der Waals surface area contributed by atoms with Gasteiger partial charge in [0.1, 0.15) is 0 Å². The van der Waals surface area contributed by atoms with Crippen molar-refractivity contribution in [2.24, 2.45) is 0 Å². The van der Waals surface area contributed by atoms with Crippen molar-refractivity contribution >= 4 is 5.97 Å². The van der Waals surface area contributed by atoms with Gasteiger partial charge in [-0.1, -0.05) is 0 Å². The Morgan fingerprint density at radius 3 is 2.38 bits per heavy atom. The van der Waals surface area contributed by atoms with Gasteiger partial charge in [0.05, 0.1) is 12.6 Å². The van der Waals surface area contributed by atoms with Crippen LogP contribution >= 0.6 is 0 Å². The number of unbranched alkanes of at least 4 members (excludes halogenated alkanes) is 2. The van der Waals surface area contributed by atoms with Crippen molar-refractivity contribution in [1.82, 2.24) is 9.80 Å². The SMILES string of the molecule is N#CCCCCN1CCN(CC(=O)O)CC1. The molecule has 0 saturated carbocycles. The second-order valence-corrected chi connectivity index (χ2v) is 4.13. The second-order valence-electron chi connectivity index (χ2n) is 4.13. The predicted octanol–water partition coefficient (Wildman–Crippen LogP) is 0.382. The largest absolute Gasteiger partial charge is 0.480 e. The van der Waals surface area contributed by atoms with E-state index in [1.807, 2.05) is 4.90 Å². The van der Waals surface area contributed by atoms with Gasteiger partial charge in [0.15, 0.2) is 0 Å². The van der Waals surface area contributed by atoms with Crippen LogP contribution in [0.4, 0.5) is 0 Å². The van der Waals surface area contributed by atoms with Crippen LogP contribution < -0.4 is 0 Å². The first-order valence-corrected chi connectivity index (χ1v) is 5.76. The molecule has 0 atom stereocenters.